The summed E-state index contributed by atoms with van der Waals surface area (Å²) in [5.74, 6) is -0.984. The minimum atomic E-state index is -0.984. The maximum absolute atomic E-state index is 10.7. The number of halogens is 1. The highest BCUT2D eigenvalue weighted by Crippen LogP contribution is 2.33. The fourth-order valence-electron chi connectivity index (χ4n) is 1.77. The van der Waals surface area contributed by atoms with Crippen LogP contribution in [0.1, 0.15) is 5.69 Å². The largest absolute Gasteiger partial charge is 0.478 e. The summed E-state index contributed by atoms with van der Waals surface area (Å²) in [6, 6.07) is 7.44. The molecule has 0 amide bonds. The van der Waals surface area contributed by atoms with E-state index in [1.165, 1.54) is 23.1 Å². The summed E-state index contributed by atoms with van der Waals surface area (Å²) >= 11 is 8.86. The normalized spacial score (nSPS) is 11.5. The van der Waals surface area contributed by atoms with Gasteiger partial charge in [-0.15, -0.1) is 11.3 Å². The van der Waals surface area contributed by atoms with Crippen molar-refractivity contribution < 1.29 is 9.90 Å². The van der Waals surface area contributed by atoms with Crippen molar-refractivity contribution in [2.24, 2.45) is 0 Å². The summed E-state index contributed by atoms with van der Waals surface area (Å²) < 4.78 is 1.88. The number of aromatic nitrogens is 2. The number of rotatable bonds is 4. The first-order chi connectivity index (χ1) is 10.1. The van der Waals surface area contributed by atoms with Crippen molar-refractivity contribution in [2.45, 2.75) is 9.92 Å². The van der Waals surface area contributed by atoms with Gasteiger partial charge in [-0.2, -0.15) is 0 Å². The lowest BCUT2D eigenvalue weighted by molar-refractivity contribution is -0.131. The van der Waals surface area contributed by atoms with Crippen LogP contribution in [0.5, 0.6) is 0 Å². The van der Waals surface area contributed by atoms with Gasteiger partial charge in [-0.3, -0.25) is 4.40 Å². The van der Waals surface area contributed by atoms with Crippen molar-refractivity contribution in [2.75, 3.05) is 0 Å². The van der Waals surface area contributed by atoms with Crippen molar-refractivity contribution >= 4 is 51.7 Å². The number of hydrogen-bond acceptors (Lipinski definition) is 4. The molecule has 0 atom stereocenters. The van der Waals surface area contributed by atoms with Gasteiger partial charge < -0.3 is 5.11 Å². The van der Waals surface area contributed by atoms with Gasteiger partial charge in [0.05, 0.1) is 5.69 Å². The van der Waals surface area contributed by atoms with Crippen molar-refractivity contribution in [3.8, 4) is 0 Å². The molecule has 21 heavy (non-hydrogen) atoms. The lowest BCUT2D eigenvalue weighted by Crippen LogP contribution is -1.88. The summed E-state index contributed by atoms with van der Waals surface area (Å²) in [5.41, 5.74) is 0.758. The van der Waals surface area contributed by atoms with Gasteiger partial charge in [0.1, 0.15) is 5.03 Å². The van der Waals surface area contributed by atoms with Crippen LogP contribution >= 0.6 is 34.7 Å². The Morgan fingerprint density at radius 1 is 1.38 bits per heavy atom. The molecule has 0 spiro atoms. The number of carboxylic acids is 1. The molecule has 106 valence electrons. The zero-order chi connectivity index (χ0) is 14.8. The van der Waals surface area contributed by atoms with E-state index < -0.39 is 5.97 Å². The van der Waals surface area contributed by atoms with E-state index >= 15 is 0 Å². The van der Waals surface area contributed by atoms with E-state index in [4.69, 9.17) is 16.7 Å². The molecule has 0 fully saturated rings. The predicted octanol–water partition coefficient (Wildman–Crippen LogP) is 4.30. The van der Waals surface area contributed by atoms with Crippen molar-refractivity contribution in [3.05, 3.63) is 52.6 Å². The van der Waals surface area contributed by atoms with E-state index in [1.807, 2.05) is 40.2 Å². The molecule has 3 aromatic rings. The van der Waals surface area contributed by atoms with E-state index in [-0.39, 0.29) is 0 Å². The van der Waals surface area contributed by atoms with E-state index in [0.29, 0.717) is 5.02 Å². The molecule has 0 saturated carbocycles. The van der Waals surface area contributed by atoms with Crippen LogP contribution in [0.4, 0.5) is 0 Å². The summed E-state index contributed by atoms with van der Waals surface area (Å²) in [6.07, 6.45) is 4.56. The second-order valence-corrected chi connectivity index (χ2v) is 6.46. The van der Waals surface area contributed by atoms with E-state index in [1.54, 1.807) is 6.08 Å². The standard InChI is InChI=1S/C14H9ClN2O2S2/c15-9-1-3-10(4-2-9)21-13-11(5-6-12(18)19)17-7-8-20-14(17)16-13/h1-8H,(H,18,19)/b6-5+. The molecule has 2 aromatic heterocycles. The molecule has 1 aromatic carbocycles. The van der Waals surface area contributed by atoms with Gasteiger partial charge in [0.2, 0.25) is 0 Å². The average Bonchev–Trinajstić information content (AvgIpc) is 3.00. The van der Waals surface area contributed by atoms with Crippen LogP contribution in [0.2, 0.25) is 5.02 Å². The number of aliphatic carboxylic acids is 1. The molecule has 3 rings (SSSR count). The third-order valence-corrected chi connectivity index (χ3v) is 4.69. The molecule has 0 radical (unpaired) electrons. The Morgan fingerprint density at radius 2 is 2.14 bits per heavy atom. The quantitative estimate of drug-likeness (QED) is 0.722. The number of hydrogen-bond donors (Lipinski definition) is 1. The summed E-state index contributed by atoms with van der Waals surface area (Å²) in [5, 5.41) is 12.2. The van der Waals surface area contributed by atoms with Gasteiger partial charge in [0.15, 0.2) is 4.96 Å². The number of imidazole rings is 1. The van der Waals surface area contributed by atoms with Gasteiger partial charge in [0, 0.05) is 27.6 Å². The number of carbonyl (C=O) groups is 1. The van der Waals surface area contributed by atoms with Gasteiger partial charge in [-0.1, -0.05) is 23.4 Å². The van der Waals surface area contributed by atoms with Crippen LogP contribution in [0.15, 0.2) is 51.8 Å². The Kier molecular flexibility index (Phi) is 4.01. The second-order valence-electron chi connectivity index (χ2n) is 4.09. The third kappa shape index (κ3) is 3.12. The van der Waals surface area contributed by atoms with Crippen LogP contribution < -0.4 is 0 Å². The highest BCUT2D eigenvalue weighted by molar-refractivity contribution is 7.99. The van der Waals surface area contributed by atoms with Gasteiger partial charge in [-0.25, -0.2) is 9.78 Å². The zero-order valence-corrected chi connectivity index (χ0v) is 13.0. The molecule has 2 heterocycles. The summed E-state index contributed by atoms with van der Waals surface area (Å²) in [4.78, 5) is 17.1. The van der Waals surface area contributed by atoms with Gasteiger partial charge in [0.25, 0.3) is 0 Å². The zero-order valence-electron chi connectivity index (χ0n) is 10.6. The van der Waals surface area contributed by atoms with E-state index in [9.17, 15) is 4.79 Å². The molecule has 0 aliphatic heterocycles. The molecule has 0 unspecified atom stereocenters. The molecular weight excluding hydrogens is 328 g/mol. The van der Waals surface area contributed by atoms with Crippen molar-refractivity contribution in [1.82, 2.24) is 9.38 Å². The lowest BCUT2D eigenvalue weighted by atomic mass is 10.4. The first-order valence-electron chi connectivity index (χ1n) is 5.93. The molecule has 0 aliphatic carbocycles. The third-order valence-electron chi connectivity index (χ3n) is 2.68. The first-order valence-corrected chi connectivity index (χ1v) is 8.01. The smallest absolute Gasteiger partial charge is 0.328 e. The maximum Gasteiger partial charge on any atom is 0.328 e. The van der Waals surface area contributed by atoms with Crippen LogP contribution in [-0.4, -0.2) is 20.5 Å². The Balaban J connectivity index is 2.00. The van der Waals surface area contributed by atoms with Crippen LogP contribution in [0.3, 0.4) is 0 Å². The predicted molar refractivity (Wildman–Crippen MR) is 85.3 cm³/mol. The van der Waals surface area contributed by atoms with Gasteiger partial charge in [-0.05, 0) is 30.3 Å². The minimum absolute atomic E-state index is 0.677. The molecule has 0 bridgehead atoms. The number of fused-ring (bicyclic) bond motifs is 1. The Hall–Kier alpha value is -1.76. The molecule has 1 N–H and O–H groups in total. The lowest BCUT2D eigenvalue weighted by Gasteiger charge is -2.00. The number of carboxylic acid groups (broad SMARTS) is 1. The summed E-state index contributed by atoms with van der Waals surface area (Å²) in [7, 11) is 0. The second kappa shape index (κ2) is 5.93. The maximum atomic E-state index is 10.7. The van der Waals surface area contributed by atoms with E-state index in [2.05, 4.69) is 4.98 Å². The Labute approximate surface area is 133 Å². The molecule has 7 heteroatoms. The molecular formula is C14H9ClN2O2S2. The first kappa shape index (κ1) is 14.2. The fourth-order valence-corrected chi connectivity index (χ4v) is 3.58. The molecule has 4 nitrogen and oxygen atoms in total. The van der Waals surface area contributed by atoms with Crippen molar-refractivity contribution in [3.63, 3.8) is 0 Å². The van der Waals surface area contributed by atoms with Crippen LogP contribution in [0, 0.1) is 0 Å². The van der Waals surface area contributed by atoms with Crippen molar-refractivity contribution in [1.29, 1.82) is 0 Å². The van der Waals surface area contributed by atoms with Crippen LogP contribution in [-0.2, 0) is 4.79 Å². The summed E-state index contributed by atoms with van der Waals surface area (Å²) in [6.45, 7) is 0. The van der Waals surface area contributed by atoms with E-state index in [0.717, 1.165) is 26.7 Å². The van der Waals surface area contributed by atoms with Gasteiger partial charge >= 0.3 is 5.97 Å². The minimum Gasteiger partial charge on any atom is -0.478 e. The molecule has 0 aliphatic rings. The number of thiazole rings is 1. The monoisotopic (exact) mass is 336 g/mol. The SMILES string of the molecule is O=C(O)/C=C/c1c(Sc2ccc(Cl)cc2)nc2sccn12. The molecule has 0 saturated heterocycles. The van der Waals surface area contributed by atoms with Crippen LogP contribution in [0.25, 0.3) is 11.0 Å². The average molecular weight is 337 g/mol. The highest BCUT2D eigenvalue weighted by atomic mass is 35.5. The fraction of sp³-hybridized carbons (Fsp3) is 0. The highest BCUT2D eigenvalue weighted by Gasteiger charge is 2.12. The number of benzene rings is 1. The Morgan fingerprint density at radius 3 is 2.86 bits per heavy atom. The Bertz CT molecular complexity index is 821. The topological polar surface area (TPSA) is 54.6 Å². The number of nitrogens with zero attached hydrogens (tertiary/aromatic N) is 2.